The molecule has 0 spiro atoms. The van der Waals surface area contributed by atoms with Gasteiger partial charge in [-0.2, -0.15) is 0 Å². The first-order valence-electron chi connectivity index (χ1n) is 7.28. The average molecular weight is 321 g/mol. The minimum atomic E-state index is -0.210. The summed E-state index contributed by atoms with van der Waals surface area (Å²) in [4.78, 5) is 19.0. The van der Waals surface area contributed by atoms with Crippen molar-refractivity contribution in [3.63, 3.8) is 0 Å². The van der Waals surface area contributed by atoms with E-state index in [1.54, 1.807) is 0 Å². The average Bonchev–Trinajstić information content (AvgIpc) is 2.87. The summed E-state index contributed by atoms with van der Waals surface area (Å²) in [6.45, 7) is 5.28. The number of benzene rings is 1. The molecule has 118 valence electrons. The minimum Gasteiger partial charge on any atom is -0.379 e. The van der Waals surface area contributed by atoms with Crippen LogP contribution in [0.1, 0.15) is 0 Å². The number of rotatable bonds is 4. The van der Waals surface area contributed by atoms with E-state index in [4.69, 9.17) is 17.0 Å². The molecule has 2 heterocycles. The van der Waals surface area contributed by atoms with Gasteiger partial charge in [0.05, 0.1) is 24.2 Å². The third-order valence-electron chi connectivity index (χ3n) is 3.59. The van der Waals surface area contributed by atoms with Crippen LogP contribution in [0, 0.1) is 0 Å². The first kappa shape index (κ1) is 15.0. The molecular formula is C14H19N5O2S. The van der Waals surface area contributed by atoms with E-state index in [9.17, 15) is 4.79 Å². The molecule has 8 heteroatoms. The van der Waals surface area contributed by atoms with Gasteiger partial charge < -0.3 is 25.3 Å². The van der Waals surface area contributed by atoms with Crippen LogP contribution in [0.3, 0.4) is 0 Å². The Balaban J connectivity index is 1.48. The summed E-state index contributed by atoms with van der Waals surface area (Å²) in [7, 11) is 0. The molecule has 0 atom stereocenters. The topological polar surface area (TPSA) is 85.2 Å². The van der Waals surface area contributed by atoms with Gasteiger partial charge in [-0.1, -0.05) is 0 Å². The van der Waals surface area contributed by atoms with Crippen LogP contribution in [0.2, 0.25) is 0 Å². The summed E-state index contributed by atoms with van der Waals surface area (Å²) in [5.41, 5.74) is 2.16. The van der Waals surface area contributed by atoms with Crippen molar-refractivity contribution in [3.05, 3.63) is 28.7 Å². The molecule has 1 aromatic carbocycles. The lowest BCUT2D eigenvalue weighted by atomic mass is 10.3. The van der Waals surface area contributed by atoms with Gasteiger partial charge in [-0.05, 0) is 30.4 Å². The number of fused-ring (bicyclic) bond motifs is 1. The molecule has 1 saturated heterocycles. The number of imidazole rings is 1. The van der Waals surface area contributed by atoms with Crippen molar-refractivity contribution in [1.82, 2.24) is 20.2 Å². The Kier molecular flexibility index (Phi) is 4.71. The van der Waals surface area contributed by atoms with Crippen molar-refractivity contribution >= 4 is 34.1 Å². The van der Waals surface area contributed by atoms with Crippen molar-refractivity contribution in [2.75, 3.05) is 44.7 Å². The Bertz CT molecular complexity index is 705. The van der Waals surface area contributed by atoms with E-state index in [-0.39, 0.29) is 5.69 Å². The van der Waals surface area contributed by atoms with Crippen molar-refractivity contribution in [2.45, 2.75) is 0 Å². The molecule has 0 unspecified atom stereocenters. The van der Waals surface area contributed by atoms with Crippen LogP contribution in [-0.4, -0.2) is 59.4 Å². The van der Waals surface area contributed by atoms with Crippen LogP contribution >= 0.6 is 12.2 Å². The fraction of sp³-hybridized carbons (Fsp3) is 0.429. The van der Waals surface area contributed by atoms with Crippen LogP contribution in [0.15, 0.2) is 23.0 Å². The van der Waals surface area contributed by atoms with E-state index < -0.39 is 0 Å². The molecule has 1 aliphatic heterocycles. The number of aromatic nitrogens is 2. The Hall–Kier alpha value is -1.90. The lowest BCUT2D eigenvalue weighted by Crippen LogP contribution is -2.42. The van der Waals surface area contributed by atoms with Gasteiger partial charge >= 0.3 is 5.69 Å². The number of morpholine rings is 1. The summed E-state index contributed by atoms with van der Waals surface area (Å²) in [6.07, 6.45) is 0. The number of anilines is 1. The van der Waals surface area contributed by atoms with Gasteiger partial charge in [-0.25, -0.2) is 4.79 Å². The Morgan fingerprint density at radius 1 is 1.27 bits per heavy atom. The quantitative estimate of drug-likeness (QED) is 0.613. The highest BCUT2D eigenvalue weighted by atomic mass is 32.1. The molecular weight excluding hydrogens is 302 g/mol. The maximum atomic E-state index is 11.2. The largest absolute Gasteiger partial charge is 0.379 e. The summed E-state index contributed by atoms with van der Waals surface area (Å²) < 4.78 is 5.32. The smallest absolute Gasteiger partial charge is 0.323 e. The van der Waals surface area contributed by atoms with E-state index >= 15 is 0 Å². The van der Waals surface area contributed by atoms with Gasteiger partial charge in [-0.3, -0.25) is 4.90 Å². The molecule has 0 radical (unpaired) electrons. The second-order valence-electron chi connectivity index (χ2n) is 5.17. The van der Waals surface area contributed by atoms with E-state index in [1.807, 2.05) is 18.2 Å². The third-order valence-corrected chi connectivity index (χ3v) is 3.84. The molecule has 3 rings (SSSR count). The van der Waals surface area contributed by atoms with Gasteiger partial charge in [0.1, 0.15) is 0 Å². The van der Waals surface area contributed by atoms with Gasteiger partial charge in [0.15, 0.2) is 5.11 Å². The van der Waals surface area contributed by atoms with Crippen LogP contribution < -0.4 is 16.3 Å². The normalized spacial score (nSPS) is 15.8. The number of H-pyrrole nitrogens is 2. The van der Waals surface area contributed by atoms with Crippen molar-refractivity contribution < 1.29 is 4.74 Å². The van der Waals surface area contributed by atoms with E-state index in [1.165, 1.54) is 0 Å². The van der Waals surface area contributed by atoms with E-state index in [0.29, 0.717) is 5.11 Å². The fourth-order valence-corrected chi connectivity index (χ4v) is 2.66. The predicted molar refractivity (Wildman–Crippen MR) is 90.4 cm³/mol. The maximum Gasteiger partial charge on any atom is 0.323 e. The zero-order valence-corrected chi connectivity index (χ0v) is 13.0. The van der Waals surface area contributed by atoms with Crippen LogP contribution in [0.4, 0.5) is 5.69 Å². The molecule has 0 amide bonds. The number of ether oxygens (including phenoxy) is 1. The fourth-order valence-electron chi connectivity index (χ4n) is 2.44. The molecule has 0 bridgehead atoms. The number of hydrogen-bond donors (Lipinski definition) is 4. The number of hydrogen-bond acceptors (Lipinski definition) is 4. The number of thiocarbonyl (C=S) groups is 1. The first-order valence-corrected chi connectivity index (χ1v) is 7.68. The minimum absolute atomic E-state index is 0.210. The van der Waals surface area contributed by atoms with E-state index in [2.05, 4.69) is 25.5 Å². The number of aromatic amines is 2. The van der Waals surface area contributed by atoms with Gasteiger partial charge in [0.2, 0.25) is 0 Å². The van der Waals surface area contributed by atoms with Crippen LogP contribution in [0.5, 0.6) is 0 Å². The SMILES string of the molecule is O=c1[nH]c2ccc(NC(=S)NCCN3CCOCC3)cc2[nH]1. The summed E-state index contributed by atoms with van der Waals surface area (Å²) in [5.74, 6) is 0. The molecule has 7 nitrogen and oxygen atoms in total. The summed E-state index contributed by atoms with van der Waals surface area (Å²) >= 11 is 5.29. The Morgan fingerprint density at radius 3 is 2.86 bits per heavy atom. The van der Waals surface area contributed by atoms with Gasteiger partial charge in [0.25, 0.3) is 0 Å². The van der Waals surface area contributed by atoms with Crippen molar-refractivity contribution in [3.8, 4) is 0 Å². The lowest BCUT2D eigenvalue weighted by Gasteiger charge is -2.26. The standard InChI is InChI=1S/C14H19N5O2S/c20-13-17-11-2-1-10(9-12(11)18-13)16-14(22)15-3-4-19-5-7-21-8-6-19/h1-2,9H,3-8H2,(H2,15,16,22)(H2,17,18,20). The highest BCUT2D eigenvalue weighted by molar-refractivity contribution is 7.80. The molecule has 2 aromatic rings. The molecule has 1 aromatic heterocycles. The third kappa shape index (κ3) is 3.85. The molecule has 4 N–H and O–H groups in total. The highest BCUT2D eigenvalue weighted by Crippen LogP contribution is 2.14. The molecule has 1 aliphatic rings. The van der Waals surface area contributed by atoms with Crippen molar-refractivity contribution in [2.24, 2.45) is 0 Å². The monoisotopic (exact) mass is 321 g/mol. The number of nitrogens with zero attached hydrogens (tertiary/aromatic N) is 1. The summed E-state index contributed by atoms with van der Waals surface area (Å²) in [5, 5.41) is 6.89. The van der Waals surface area contributed by atoms with Crippen molar-refractivity contribution in [1.29, 1.82) is 0 Å². The molecule has 0 saturated carbocycles. The molecule has 0 aliphatic carbocycles. The molecule has 1 fully saturated rings. The zero-order chi connectivity index (χ0) is 15.4. The van der Waals surface area contributed by atoms with Crippen LogP contribution in [0.25, 0.3) is 11.0 Å². The van der Waals surface area contributed by atoms with E-state index in [0.717, 1.165) is 56.1 Å². The molecule has 22 heavy (non-hydrogen) atoms. The zero-order valence-electron chi connectivity index (χ0n) is 12.1. The lowest BCUT2D eigenvalue weighted by molar-refractivity contribution is 0.0389. The first-order chi connectivity index (χ1) is 10.7. The second kappa shape index (κ2) is 6.91. The highest BCUT2D eigenvalue weighted by Gasteiger charge is 2.09. The maximum absolute atomic E-state index is 11.2. The predicted octanol–water partition coefficient (Wildman–Crippen LogP) is 0.475. The Morgan fingerprint density at radius 2 is 2.05 bits per heavy atom. The second-order valence-corrected chi connectivity index (χ2v) is 5.58. The van der Waals surface area contributed by atoms with Gasteiger partial charge in [0, 0.05) is 31.9 Å². The summed E-state index contributed by atoms with van der Waals surface area (Å²) in [6, 6.07) is 5.57. The van der Waals surface area contributed by atoms with Gasteiger partial charge in [-0.15, -0.1) is 0 Å². The van der Waals surface area contributed by atoms with Crippen LogP contribution in [-0.2, 0) is 4.74 Å². The Labute approximate surface area is 133 Å². The number of nitrogens with one attached hydrogen (secondary N) is 4.